The highest BCUT2D eigenvalue weighted by atomic mass is 17.1. The van der Waals surface area contributed by atoms with Gasteiger partial charge in [0, 0.05) is 11.5 Å². The van der Waals surface area contributed by atoms with Gasteiger partial charge >= 0.3 is 5.97 Å². The minimum Gasteiger partial charge on any atom is -0.456 e. The summed E-state index contributed by atoms with van der Waals surface area (Å²) in [6, 6.07) is 0. The van der Waals surface area contributed by atoms with Crippen LogP contribution < -0.4 is 0 Å². The van der Waals surface area contributed by atoms with Crippen molar-refractivity contribution in [1.29, 1.82) is 0 Å². The molecule has 7 atom stereocenters. The predicted molar refractivity (Wildman–Crippen MR) is 95.3 cm³/mol. The Morgan fingerprint density at radius 3 is 2.81 bits per heavy atom. The smallest absolute Gasteiger partial charge is 0.334 e. The maximum Gasteiger partial charge on any atom is 0.334 e. The molecule has 0 aromatic heterocycles. The first-order valence-corrected chi connectivity index (χ1v) is 9.45. The van der Waals surface area contributed by atoms with E-state index in [1.165, 1.54) is 0 Å². The van der Waals surface area contributed by atoms with Crippen molar-refractivity contribution in [1.82, 2.24) is 0 Å². The monoisotopic (exact) mass is 366 g/mol. The number of carbonyl (C=O) groups is 1. The van der Waals surface area contributed by atoms with E-state index in [0.29, 0.717) is 24.8 Å². The van der Waals surface area contributed by atoms with Crippen LogP contribution in [0.1, 0.15) is 52.9 Å². The SMILES string of the molecule is C=C1C(=O)OC2C1CC1OC1(C)CC=CC(C)(OO)CCCC(C)C2O. The van der Waals surface area contributed by atoms with Gasteiger partial charge in [0.2, 0.25) is 0 Å². The van der Waals surface area contributed by atoms with Crippen LogP contribution in [0.3, 0.4) is 0 Å². The standard InChI is InChI=1S/C20H30O6/c1-12-7-5-8-19(3,26-23)9-6-10-20(4)15(25-20)11-14-13(2)18(22)24-17(14)16(12)21/h6,9,12,14-17,21,23H,2,5,7-8,10-11H2,1,3-4H3. The second-order valence-electron chi connectivity index (χ2n) is 8.53. The molecule has 26 heavy (non-hydrogen) atoms. The van der Waals surface area contributed by atoms with Crippen LogP contribution in [0.15, 0.2) is 24.3 Å². The van der Waals surface area contributed by atoms with Gasteiger partial charge in [0.1, 0.15) is 11.7 Å². The molecule has 2 N–H and O–H groups in total. The van der Waals surface area contributed by atoms with E-state index in [2.05, 4.69) is 6.58 Å². The van der Waals surface area contributed by atoms with Gasteiger partial charge in [-0.25, -0.2) is 9.68 Å². The van der Waals surface area contributed by atoms with Crippen LogP contribution in [0.4, 0.5) is 0 Å². The predicted octanol–water partition coefficient (Wildman–Crippen LogP) is 3.01. The summed E-state index contributed by atoms with van der Waals surface area (Å²) in [7, 11) is 0. The van der Waals surface area contributed by atoms with Crippen LogP contribution in [0.5, 0.6) is 0 Å². The summed E-state index contributed by atoms with van der Waals surface area (Å²) in [4.78, 5) is 16.7. The number of hydrogen-bond acceptors (Lipinski definition) is 6. The van der Waals surface area contributed by atoms with Crippen molar-refractivity contribution < 1.29 is 29.5 Å². The highest BCUT2D eigenvalue weighted by Crippen LogP contribution is 2.47. The molecular weight excluding hydrogens is 336 g/mol. The van der Waals surface area contributed by atoms with Crippen molar-refractivity contribution in [3.63, 3.8) is 0 Å². The topological polar surface area (TPSA) is 88.5 Å². The third kappa shape index (κ3) is 3.74. The summed E-state index contributed by atoms with van der Waals surface area (Å²) in [6.07, 6.45) is 5.95. The maximum absolute atomic E-state index is 12.0. The van der Waals surface area contributed by atoms with Crippen LogP contribution in [-0.2, 0) is 19.2 Å². The van der Waals surface area contributed by atoms with E-state index in [-0.39, 0.29) is 23.5 Å². The average molecular weight is 366 g/mol. The Hall–Kier alpha value is -1.21. The Balaban J connectivity index is 1.82. The summed E-state index contributed by atoms with van der Waals surface area (Å²) >= 11 is 0. The molecule has 0 bridgehead atoms. The summed E-state index contributed by atoms with van der Waals surface area (Å²) < 4.78 is 11.4. The largest absolute Gasteiger partial charge is 0.456 e. The van der Waals surface area contributed by atoms with Gasteiger partial charge in [-0.15, -0.1) is 0 Å². The fraction of sp³-hybridized carbons (Fsp3) is 0.750. The molecule has 2 fully saturated rings. The van der Waals surface area contributed by atoms with Crippen molar-refractivity contribution in [3.05, 3.63) is 24.3 Å². The van der Waals surface area contributed by atoms with E-state index in [9.17, 15) is 15.2 Å². The lowest BCUT2D eigenvalue weighted by Crippen LogP contribution is -2.37. The molecule has 2 saturated heterocycles. The molecule has 0 aromatic rings. The number of aliphatic hydroxyl groups is 1. The quantitative estimate of drug-likeness (QED) is 0.185. The maximum atomic E-state index is 12.0. The zero-order valence-corrected chi connectivity index (χ0v) is 15.8. The molecule has 7 unspecified atom stereocenters. The number of carbonyl (C=O) groups excluding carboxylic acids is 1. The summed E-state index contributed by atoms with van der Waals surface area (Å²) in [5.74, 6) is -0.689. The number of rotatable bonds is 1. The zero-order valence-electron chi connectivity index (χ0n) is 15.8. The Morgan fingerprint density at radius 1 is 1.38 bits per heavy atom. The van der Waals surface area contributed by atoms with Crippen molar-refractivity contribution in [2.75, 3.05) is 0 Å². The zero-order chi connectivity index (χ0) is 19.1. The van der Waals surface area contributed by atoms with E-state index < -0.39 is 23.8 Å². The molecule has 3 aliphatic rings. The van der Waals surface area contributed by atoms with E-state index in [1.54, 1.807) is 0 Å². The van der Waals surface area contributed by atoms with Crippen molar-refractivity contribution in [3.8, 4) is 0 Å². The van der Waals surface area contributed by atoms with Crippen LogP contribution >= 0.6 is 0 Å². The highest BCUT2D eigenvalue weighted by molar-refractivity contribution is 5.90. The Morgan fingerprint density at radius 2 is 2.12 bits per heavy atom. The molecule has 0 saturated carbocycles. The number of hydrogen-bond donors (Lipinski definition) is 2. The molecule has 0 aromatic carbocycles. The Kier molecular flexibility index (Phi) is 5.32. The first kappa shape index (κ1) is 19.5. The van der Waals surface area contributed by atoms with Gasteiger partial charge < -0.3 is 14.6 Å². The minimum absolute atomic E-state index is 0.0161. The molecule has 6 nitrogen and oxygen atoms in total. The van der Waals surface area contributed by atoms with E-state index >= 15 is 0 Å². The van der Waals surface area contributed by atoms with E-state index in [4.69, 9.17) is 14.4 Å². The van der Waals surface area contributed by atoms with Gasteiger partial charge in [-0.1, -0.05) is 25.7 Å². The fourth-order valence-electron chi connectivity index (χ4n) is 4.18. The normalized spacial score (nSPS) is 46.9. The summed E-state index contributed by atoms with van der Waals surface area (Å²) in [5, 5.41) is 20.1. The summed E-state index contributed by atoms with van der Waals surface area (Å²) in [6.45, 7) is 9.70. The van der Waals surface area contributed by atoms with E-state index in [1.807, 2.05) is 32.9 Å². The molecule has 1 aliphatic carbocycles. The first-order valence-electron chi connectivity index (χ1n) is 9.45. The van der Waals surface area contributed by atoms with Crippen molar-refractivity contribution in [2.24, 2.45) is 11.8 Å². The lowest BCUT2D eigenvalue weighted by Gasteiger charge is -2.29. The number of aliphatic hydroxyl groups excluding tert-OH is 1. The molecule has 3 rings (SSSR count). The molecular formula is C20H30O6. The molecule has 0 radical (unpaired) electrons. The van der Waals surface area contributed by atoms with Crippen molar-refractivity contribution in [2.45, 2.75) is 82.4 Å². The molecule has 6 heteroatoms. The molecule has 2 aliphatic heterocycles. The lowest BCUT2D eigenvalue weighted by molar-refractivity contribution is -0.304. The summed E-state index contributed by atoms with van der Waals surface area (Å²) in [5.41, 5.74) is -0.640. The number of ether oxygens (including phenoxy) is 2. The Bertz CT molecular complexity index is 601. The van der Waals surface area contributed by atoms with Crippen LogP contribution in [0.2, 0.25) is 0 Å². The third-order valence-electron chi connectivity index (χ3n) is 6.31. The van der Waals surface area contributed by atoms with Crippen molar-refractivity contribution >= 4 is 5.97 Å². The third-order valence-corrected chi connectivity index (χ3v) is 6.31. The highest BCUT2D eigenvalue weighted by Gasteiger charge is 2.55. The van der Waals surface area contributed by atoms with Crippen LogP contribution in [0.25, 0.3) is 0 Å². The van der Waals surface area contributed by atoms with Crippen LogP contribution in [-0.4, -0.2) is 45.8 Å². The fourth-order valence-corrected chi connectivity index (χ4v) is 4.18. The number of fused-ring (bicyclic) bond motifs is 2. The van der Waals surface area contributed by atoms with Gasteiger partial charge in [0.15, 0.2) is 0 Å². The van der Waals surface area contributed by atoms with Gasteiger partial charge in [0.25, 0.3) is 0 Å². The molecule has 0 amide bonds. The second kappa shape index (κ2) is 7.08. The Labute approximate surface area is 154 Å². The number of esters is 1. The molecule has 0 spiro atoms. The van der Waals surface area contributed by atoms with Gasteiger partial charge in [0.05, 0.1) is 17.8 Å². The molecule has 2 heterocycles. The van der Waals surface area contributed by atoms with Crippen LogP contribution in [0, 0.1) is 11.8 Å². The first-order chi connectivity index (χ1) is 12.2. The van der Waals surface area contributed by atoms with Gasteiger partial charge in [-0.3, -0.25) is 5.26 Å². The second-order valence-corrected chi connectivity index (χ2v) is 8.53. The minimum atomic E-state index is -0.758. The van der Waals surface area contributed by atoms with Gasteiger partial charge in [-0.05, 0) is 51.9 Å². The molecule has 146 valence electrons. The number of epoxide rings is 1. The average Bonchev–Trinajstić information content (AvgIpc) is 3.15. The lowest BCUT2D eigenvalue weighted by atomic mass is 9.81. The van der Waals surface area contributed by atoms with E-state index in [0.717, 1.165) is 12.8 Å². The van der Waals surface area contributed by atoms with Gasteiger partial charge in [-0.2, -0.15) is 0 Å².